The summed E-state index contributed by atoms with van der Waals surface area (Å²) in [7, 11) is 1.48. The van der Waals surface area contributed by atoms with E-state index in [1.807, 2.05) is 0 Å². The number of ether oxygens (including phenoxy) is 1. The van der Waals surface area contributed by atoms with Crippen LogP contribution in [0.1, 0.15) is 10.4 Å². The lowest BCUT2D eigenvalue weighted by Crippen LogP contribution is -2.13. The van der Waals surface area contributed by atoms with Crippen molar-refractivity contribution >= 4 is 39.1 Å². The van der Waals surface area contributed by atoms with Crippen LogP contribution in [0, 0.1) is 0 Å². The quantitative estimate of drug-likeness (QED) is 0.870. The third-order valence-electron chi connectivity index (χ3n) is 2.30. The highest BCUT2D eigenvalue weighted by Gasteiger charge is 2.12. The van der Waals surface area contributed by atoms with Gasteiger partial charge >= 0.3 is 0 Å². The fraction of sp³-hybridized carbons (Fsp3) is 0.0833. The van der Waals surface area contributed by atoms with Crippen molar-refractivity contribution in [3.8, 4) is 5.75 Å². The number of methoxy groups -OCH3 is 1. The van der Waals surface area contributed by atoms with Gasteiger partial charge in [0.2, 0.25) is 0 Å². The van der Waals surface area contributed by atoms with Crippen molar-refractivity contribution < 1.29 is 9.53 Å². The average Bonchev–Trinajstić information content (AvgIpc) is 2.43. The molecule has 0 saturated heterocycles. The highest BCUT2D eigenvalue weighted by molar-refractivity contribution is 9.10. The van der Waals surface area contributed by atoms with E-state index in [4.69, 9.17) is 16.3 Å². The van der Waals surface area contributed by atoms with Crippen LogP contribution in [-0.4, -0.2) is 23.0 Å². The molecule has 19 heavy (non-hydrogen) atoms. The molecule has 0 aromatic carbocycles. The first kappa shape index (κ1) is 13.8. The Morgan fingerprint density at radius 2 is 2.26 bits per heavy atom. The first-order valence-corrected chi connectivity index (χ1v) is 6.39. The first-order valence-electron chi connectivity index (χ1n) is 5.22. The predicted octanol–water partition coefficient (Wildman–Crippen LogP) is 3.15. The molecule has 0 aliphatic heterocycles. The number of hydrogen-bond donors (Lipinski definition) is 1. The number of anilines is 1. The van der Waals surface area contributed by atoms with E-state index >= 15 is 0 Å². The van der Waals surface area contributed by atoms with Gasteiger partial charge in [-0.05, 0) is 28.1 Å². The van der Waals surface area contributed by atoms with Gasteiger partial charge in [0.15, 0.2) is 0 Å². The zero-order valence-electron chi connectivity index (χ0n) is 9.85. The van der Waals surface area contributed by atoms with Crippen molar-refractivity contribution in [3.63, 3.8) is 0 Å². The maximum atomic E-state index is 12.1. The van der Waals surface area contributed by atoms with Crippen molar-refractivity contribution in [1.82, 2.24) is 9.97 Å². The van der Waals surface area contributed by atoms with E-state index in [0.717, 1.165) is 0 Å². The summed E-state index contributed by atoms with van der Waals surface area (Å²) in [6, 6.07) is 3.24. The molecule has 0 fully saturated rings. The summed E-state index contributed by atoms with van der Waals surface area (Å²) < 4.78 is 5.68. The minimum Gasteiger partial charge on any atom is -0.494 e. The second kappa shape index (κ2) is 5.99. The molecule has 0 aliphatic carbocycles. The van der Waals surface area contributed by atoms with Crippen LogP contribution in [0.15, 0.2) is 35.2 Å². The summed E-state index contributed by atoms with van der Waals surface area (Å²) in [5.41, 5.74) is 0.920. The van der Waals surface area contributed by atoms with Gasteiger partial charge in [-0.1, -0.05) is 11.6 Å². The van der Waals surface area contributed by atoms with Gasteiger partial charge in [-0.15, -0.1) is 0 Å². The molecule has 7 heteroatoms. The van der Waals surface area contributed by atoms with Gasteiger partial charge in [-0.2, -0.15) is 0 Å². The Balaban J connectivity index is 2.23. The Hall–Kier alpha value is -1.66. The summed E-state index contributed by atoms with van der Waals surface area (Å²) in [5, 5.41) is 3.04. The summed E-state index contributed by atoms with van der Waals surface area (Å²) in [6.45, 7) is 0. The van der Waals surface area contributed by atoms with Crippen molar-refractivity contribution in [2.45, 2.75) is 0 Å². The number of amides is 1. The lowest BCUT2D eigenvalue weighted by atomic mass is 10.2. The monoisotopic (exact) mass is 341 g/mol. The van der Waals surface area contributed by atoms with Crippen LogP contribution in [0.5, 0.6) is 5.75 Å². The fourth-order valence-electron chi connectivity index (χ4n) is 1.42. The van der Waals surface area contributed by atoms with E-state index in [0.29, 0.717) is 26.6 Å². The molecule has 2 rings (SSSR count). The number of rotatable bonds is 3. The third kappa shape index (κ3) is 3.21. The van der Waals surface area contributed by atoms with Gasteiger partial charge in [0.25, 0.3) is 5.91 Å². The van der Waals surface area contributed by atoms with E-state index < -0.39 is 0 Å². The number of hydrogen-bond acceptors (Lipinski definition) is 4. The van der Waals surface area contributed by atoms with Crippen molar-refractivity contribution in [3.05, 3.63) is 45.9 Å². The highest BCUT2D eigenvalue weighted by Crippen LogP contribution is 2.24. The Morgan fingerprint density at radius 1 is 1.47 bits per heavy atom. The maximum Gasteiger partial charge on any atom is 0.259 e. The van der Waals surface area contributed by atoms with Crippen molar-refractivity contribution in [2.75, 3.05) is 12.4 Å². The van der Waals surface area contributed by atoms with E-state index in [1.54, 1.807) is 12.1 Å². The second-order valence-electron chi connectivity index (χ2n) is 3.53. The van der Waals surface area contributed by atoms with Gasteiger partial charge in [-0.3, -0.25) is 9.78 Å². The van der Waals surface area contributed by atoms with Gasteiger partial charge in [0.1, 0.15) is 10.9 Å². The molecule has 2 aromatic rings. The molecule has 0 bridgehead atoms. The summed E-state index contributed by atoms with van der Waals surface area (Å²) in [6.07, 6.45) is 4.47. The predicted molar refractivity (Wildman–Crippen MR) is 75.7 cm³/mol. The highest BCUT2D eigenvalue weighted by atomic mass is 79.9. The van der Waals surface area contributed by atoms with Crippen molar-refractivity contribution in [1.29, 1.82) is 0 Å². The molecule has 2 heterocycles. The molecule has 0 unspecified atom stereocenters. The molecule has 2 aromatic heterocycles. The standard InChI is InChI=1S/C12H9BrClN3O2/c1-19-10-6-15-3-2-8(10)12(18)17-7-4-9(13)11(14)16-5-7/h2-6H,1H3,(H,17,18). The van der Waals surface area contributed by atoms with Crippen LogP contribution in [0.2, 0.25) is 5.15 Å². The van der Waals surface area contributed by atoms with Gasteiger partial charge < -0.3 is 10.1 Å². The summed E-state index contributed by atoms with van der Waals surface area (Å²) in [5.74, 6) is 0.0938. The van der Waals surface area contributed by atoms with Crippen LogP contribution < -0.4 is 10.1 Å². The Labute approximate surface area is 123 Å². The summed E-state index contributed by atoms with van der Waals surface area (Å²) in [4.78, 5) is 19.9. The molecule has 98 valence electrons. The molecule has 0 spiro atoms. The van der Waals surface area contributed by atoms with Gasteiger partial charge in [-0.25, -0.2) is 4.98 Å². The summed E-state index contributed by atoms with van der Waals surface area (Å²) >= 11 is 9.02. The van der Waals surface area contributed by atoms with E-state index in [-0.39, 0.29) is 5.91 Å². The largest absolute Gasteiger partial charge is 0.494 e. The Bertz CT molecular complexity index is 622. The fourth-order valence-corrected chi connectivity index (χ4v) is 1.87. The molecule has 0 radical (unpaired) electrons. The van der Waals surface area contributed by atoms with E-state index in [9.17, 15) is 4.79 Å². The molecule has 5 nitrogen and oxygen atoms in total. The smallest absolute Gasteiger partial charge is 0.259 e. The van der Waals surface area contributed by atoms with E-state index in [1.165, 1.54) is 25.7 Å². The normalized spacial score (nSPS) is 10.1. The molecule has 1 N–H and O–H groups in total. The Morgan fingerprint density at radius 3 is 2.95 bits per heavy atom. The molecule has 0 saturated carbocycles. The number of nitrogens with one attached hydrogen (secondary N) is 1. The van der Waals surface area contributed by atoms with Crippen LogP contribution in [-0.2, 0) is 0 Å². The number of nitrogens with zero attached hydrogens (tertiary/aromatic N) is 2. The minimum atomic E-state index is -0.310. The number of carbonyl (C=O) groups is 1. The molecule has 0 atom stereocenters. The van der Waals surface area contributed by atoms with Crippen molar-refractivity contribution in [2.24, 2.45) is 0 Å². The number of aromatic nitrogens is 2. The van der Waals surface area contributed by atoms with Crippen LogP contribution in [0.3, 0.4) is 0 Å². The first-order chi connectivity index (χ1) is 9.11. The van der Waals surface area contributed by atoms with Gasteiger partial charge in [0.05, 0.1) is 35.2 Å². The average molecular weight is 343 g/mol. The third-order valence-corrected chi connectivity index (χ3v) is 3.44. The van der Waals surface area contributed by atoms with Crippen LogP contribution in [0.4, 0.5) is 5.69 Å². The lowest BCUT2D eigenvalue weighted by molar-refractivity contribution is 0.102. The number of halogens is 2. The molecule has 1 amide bonds. The maximum absolute atomic E-state index is 12.1. The topological polar surface area (TPSA) is 64.1 Å². The lowest BCUT2D eigenvalue weighted by Gasteiger charge is -2.08. The van der Waals surface area contributed by atoms with Gasteiger partial charge in [0, 0.05) is 6.20 Å². The zero-order chi connectivity index (χ0) is 13.8. The zero-order valence-corrected chi connectivity index (χ0v) is 12.2. The SMILES string of the molecule is COc1cnccc1C(=O)Nc1cnc(Cl)c(Br)c1. The number of pyridine rings is 2. The molecular formula is C12H9BrClN3O2. The Kier molecular flexibility index (Phi) is 4.34. The van der Waals surface area contributed by atoms with Crippen LogP contribution in [0.25, 0.3) is 0 Å². The molecule has 0 aliphatic rings. The second-order valence-corrected chi connectivity index (χ2v) is 4.74. The minimum absolute atomic E-state index is 0.310. The van der Waals surface area contributed by atoms with E-state index in [2.05, 4.69) is 31.2 Å². The molecular weight excluding hydrogens is 334 g/mol. The number of carbonyl (C=O) groups excluding carboxylic acids is 1. The van der Waals surface area contributed by atoms with Crippen LogP contribution >= 0.6 is 27.5 Å².